The second kappa shape index (κ2) is 9.71. The molecule has 0 aliphatic carbocycles. The molecule has 2 aromatic carbocycles. The zero-order valence-electron chi connectivity index (χ0n) is 17.0. The van der Waals surface area contributed by atoms with E-state index in [1.165, 1.54) is 7.11 Å². The Morgan fingerprint density at radius 3 is 2.67 bits per heavy atom. The number of carbonyl (C=O) groups excluding carboxylic acids is 2. The third-order valence-corrected chi connectivity index (χ3v) is 4.31. The topological polar surface area (TPSA) is 103 Å². The molecule has 0 atom stereocenters. The number of aromatic nitrogens is 1. The molecule has 1 heterocycles. The normalized spacial score (nSPS) is 10.5. The third kappa shape index (κ3) is 5.24. The highest BCUT2D eigenvalue weighted by molar-refractivity contribution is 5.94. The summed E-state index contributed by atoms with van der Waals surface area (Å²) in [5.41, 5.74) is 2.43. The van der Waals surface area contributed by atoms with Gasteiger partial charge in [0.15, 0.2) is 0 Å². The third-order valence-electron chi connectivity index (χ3n) is 4.31. The fourth-order valence-electron chi connectivity index (χ4n) is 2.80. The summed E-state index contributed by atoms with van der Waals surface area (Å²) in [6, 6.07) is 14.1. The van der Waals surface area contributed by atoms with Crippen LogP contribution in [0.5, 0.6) is 5.75 Å². The lowest BCUT2D eigenvalue weighted by Gasteiger charge is -2.05. The molecule has 0 saturated heterocycles. The number of amides is 2. The quantitative estimate of drug-likeness (QED) is 0.592. The van der Waals surface area contributed by atoms with E-state index in [9.17, 15) is 9.59 Å². The van der Waals surface area contributed by atoms with E-state index in [0.29, 0.717) is 39.9 Å². The standard InChI is InChI=1S/C22H23N3O5/c1-14-19(12-23-21(27)15-6-5-9-18(11-15)29-3)25-22(30-14)16-7-4-8-17(10-16)24-20(26)13-28-2/h4-11H,12-13H2,1-3H3,(H,23,27)(H,24,26). The molecule has 0 saturated carbocycles. The summed E-state index contributed by atoms with van der Waals surface area (Å²) in [6.07, 6.45) is 0. The van der Waals surface area contributed by atoms with Gasteiger partial charge in [-0.2, -0.15) is 0 Å². The number of nitrogens with one attached hydrogen (secondary N) is 2. The molecule has 3 aromatic rings. The average Bonchev–Trinajstić information content (AvgIpc) is 3.13. The van der Waals surface area contributed by atoms with Crippen LogP contribution < -0.4 is 15.4 Å². The van der Waals surface area contributed by atoms with E-state index in [-0.39, 0.29) is 25.0 Å². The molecule has 8 nitrogen and oxygen atoms in total. The lowest BCUT2D eigenvalue weighted by Crippen LogP contribution is -2.23. The van der Waals surface area contributed by atoms with Gasteiger partial charge in [-0.25, -0.2) is 4.98 Å². The van der Waals surface area contributed by atoms with Crippen LogP contribution >= 0.6 is 0 Å². The highest BCUT2D eigenvalue weighted by atomic mass is 16.5. The Labute approximate surface area is 174 Å². The average molecular weight is 409 g/mol. The summed E-state index contributed by atoms with van der Waals surface area (Å²) in [5.74, 6) is 1.13. The van der Waals surface area contributed by atoms with E-state index in [1.54, 1.807) is 56.5 Å². The monoisotopic (exact) mass is 409 g/mol. The molecule has 2 N–H and O–H groups in total. The van der Waals surface area contributed by atoms with Gasteiger partial charge in [0.25, 0.3) is 5.91 Å². The van der Waals surface area contributed by atoms with Crippen LogP contribution in [0.15, 0.2) is 52.9 Å². The lowest BCUT2D eigenvalue weighted by molar-refractivity contribution is -0.119. The zero-order valence-corrected chi connectivity index (χ0v) is 17.0. The Bertz CT molecular complexity index is 1040. The molecular formula is C22H23N3O5. The van der Waals surface area contributed by atoms with Gasteiger partial charge in [0.05, 0.1) is 13.7 Å². The van der Waals surface area contributed by atoms with E-state index in [1.807, 2.05) is 6.07 Å². The van der Waals surface area contributed by atoms with Crippen molar-refractivity contribution in [2.45, 2.75) is 13.5 Å². The van der Waals surface area contributed by atoms with Crippen LogP contribution in [0.1, 0.15) is 21.8 Å². The second-order valence-corrected chi connectivity index (χ2v) is 6.50. The molecule has 0 aliphatic rings. The van der Waals surface area contributed by atoms with Crippen molar-refractivity contribution in [2.75, 3.05) is 26.1 Å². The van der Waals surface area contributed by atoms with Crippen LogP contribution in [0, 0.1) is 6.92 Å². The largest absolute Gasteiger partial charge is 0.497 e. The number of ether oxygens (including phenoxy) is 2. The van der Waals surface area contributed by atoms with Crippen LogP contribution in [0.25, 0.3) is 11.5 Å². The van der Waals surface area contributed by atoms with Gasteiger partial charge in [-0.1, -0.05) is 12.1 Å². The van der Waals surface area contributed by atoms with E-state index in [4.69, 9.17) is 13.9 Å². The molecule has 0 fully saturated rings. The number of rotatable bonds is 8. The highest BCUT2D eigenvalue weighted by Crippen LogP contribution is 2.24. The van der Waals surface area contributed by atoms with Gasteiger partial charge in [0.2, 0.25) is 11.8 Å². The number of benzene rings is 2. The minimum absolute atomic E-state index is 0.0283. The minimum Gasteiger partial charge on any atom is -0.497 e. The predicted octanol–water partition coefficient (Wildman–Crippen LogP) is 3.17. The number of oxazole rings is 1. The first-order valence-electron chi connectivity index (χ1n) is 9.28. The first-order chi connectivity index (χ1) is 14.5. The van der Waals surface area contributed by atoms with Crippen molar-refractivity contribution in [3.63, 3.8) is 0 Å². The molecule has 30 heavy (non-hydrogen) atoms. The Morgan fingerprint density at radius 1 is 1.10 bits per heavy atom. The lowest BCUT2D eigenvalue weighted by atomic mass is 10.2. The molecular weight excluding hydrogens is 386 g/mol. The number of aryl methyl sites for hydroxylation is 1. The van der Waals surface area contributed by atoms with Crippen molar-refractivity contribution in [1.82, 2.24) is 10.3 Å². The summed E-state index contributed by atoms with van der Waals surface area (Å²) >= 11 is 0. The second-order valence-electron chi connectivity index (χ2n) is 6.50. The van der Waals surface area contributed by atoms with E-state index < -0.39 is 0 Å². The molecule has 0 spiro atoms. The number of nitrogens with zero attached hydrogens (tertiary/aromatic N) is 1. The van der Waals surface area contributed by atoms with Crippen LogP contribution in [0.4, 0.5) is 5.69 Å². The van der Waals surface area contributed by atoms with Crippen molar-refractivity contribution in [3.8, 4) is 17.2 Å². The summed E-state index contributed by atoms with van der Waals surface area (Å²) in [7, 11) is 3.01. The summed E-state index contributed by atoms with van der Waals surface area (Å²) < 4.78 is 15.7. The van der Waals surface area contributed by atoms with Gasteiger partial charge < -0.3 is 24.5 Å². The minimum atomic E-state index is -0.251. The molecule has 0 aliphatic heterocycles. The maximum atomic E-state index is 12.4. The van der Waals surface area contributed by atoms with Crippen molar-refractivity contribution in [1.29, 1.82) is 0 Å². The van der Waals surface area contributed by atoms with E-state index in [0.717, 1.165) is 0 Å². The number of hydrogen-bond acceptors (Lipinski definition) is 6. The van der Waals surface area contributed by atoms with Gasteiger partial charge in [-0.05, 0) is 43.3 Å². The summed E-state index contributed by atoms with van der Waals surface area (Å²) in [6.45, 7) is 1.98. The zero-order chi connectivity index (χ0) is 21.5. The number of anilines is 1. The van der Waals surface area contributed by atoms with E-state index in [2.05, 4.69) is 15.6 Å². The highest BCUT2D eigenvalue weighted by Gasteiger charge is 2.14. The molecule has 2 amide bonds. The Balaban J connectivity index is 1.69. The molecule has 0 bridgehead atoms. The van der Waals surface area contributed by atoms with Gasteiger partial charge in [-0.3, -0.25) is 9.59 Å². The molecule has 0 radical (unpaired) electrons. The number of hydrogen-bond donors (Lipinski definition) is 2. The Kier molecular flexibility index (Phi) is 6.82. The fraction of sp³-hybridized carbons (Fsp3) is 0.227. The van der Waals surface area contributed by atoms with Crippen molar-refractivity contribution in [3.05, 3.63) is 65.5 Å². The fourth-order valence-corrected chi connectivity index (χ4v) is 2.80. The first-order valence-corrected chi connectivity index (χ1v) is 9.28. The van der Waals surface area contributed by atoms with Gasteiger partial charge in [0, 0.05) is 23.9 Å². The SMILES string of the molecule is COCC(=O)Nc1cccc(-c2nc(CNC(=O)c3cccc(OC)c3)c(C)o2)c1. The van der Waals surface area contributed by atoms with Crippen LogP contribution in [0.3, 0.4) is 0 Å². The number of carbonyl (C=O) groups is 2. The van der Waals surface area contributed by atoms with Crippen LogP contribution in [0.2, 0.25) is 0 Å². The van der Waals surface area contributed by atoms with Crippen molar-refractivity contribution < 1.29 is 23.5 Å². The predicted molar refractivity (Wildman–Crippen MR) is 111 cm³/mol. The van der Waals surface area contributed by atoms with Crippen molar-refractivity contribution in [2.24, 2.45) is 0 Å². The molecule has 1 aromatic heterocycles. The molecule has 0 unspecified atom stereocenters. The van der Waals surface area contributed by atoms with Crippen molar-refractivity contribution >= 4 is 17.5 Å². The molecule has 156 valence electrons. The van der Waals surface area contributed by atoms with Gasteiger partial charge in [0.1, 0.15) is 23.8 Å². The summed E-state index contributed by atoms with van der Waals surface area (Å²) in [5, 5.41) is 5.58. The Morgan fingerprint density at radius 2 is 1.90 bits per heavy atom. The molecule has 3 rings (SSSR count). The number of methoxy groups -OCH3 is 2. The molecule has 8 heteroatoms. The maximum Gasteiger partial charge on any atom is 0.251 e. The maximum absolute atomic E-state index is 12.4. The smallest absolute Gasteiger partial charge is 0.251 e. The van der Waals surface area contributed by atoms with E-state index >= 15 is 0 Å². The van der Waals surface area contributed by atoms with Crippen LogP contribution in [-0.4, -0.2) is 37.6 Å². The van der Waals surface area contributed by atoms with Gasteiger partial charge >= 0.3 is 0 Å². The van der Waals surface area contributed by atoms with Crippen LogP contribution in [-0.2, 0) is 16.1 Å². The summed E-state index contributed by atoms with van der Waals surface area (Å²) in [4.78, 5) is 28.6. The Hall–Kier alpha value is -3.65. The first kappa shape index (κ1) is 21.1. The van der Waals surface area contributed by atoms with Gasteiger partial charge in [-0.15, -0.1) is 0 Å².